The molecule has 5 heteroatoms. The van der Waals surface area contributed by atoms with E-state index < -0.39 is 0 Å². The van der Waals surface area contributed by atoms with Crippen molar-refractivity contribution < 1.29 is 9.18 Å². The topological polar surface area (TPSA) is 56.1 Å². The van der Waals surface area contributed by atoms with E-state index in [1.165, 1.54) is 18.2 Å². The van der Waals surface area contributed by atoms with E-state index in [0.29, 0.717) is 24.2 Å². The Morgan fingerprint density at radius 2 is 2.35 bits per heavy atom. The Morgan fingerprint density at radius 1 is 1.50 bits per heavy atom. The molecule has 2 fully saturated rings. The first-order valence-corrected chi connectivity index (χ1v) is 6.89. The molecule has 0 aliphatic carbocycles. The number of amides is 1. The van der Waals surface area contributed by atoms with E-state index in [2.05, 4.69) is 16.3 Å². The number of carbonyl (C=O) groups excluding carboxylic acids is 1. The van der Waals surface area contributed by atoms with Crippen LogP contribution in [0.25, 0.3) is 0 Å². The van der Waals surface area contributed by atoms with Crippen LogP contribution >= 0.6 is 0 Å². The van der Waals surface area contributed by atoms with Crippen LogP contribution in [-0.4, -0.2) is 29.9 Å². The van der Waals surface area contributed by atoms with Gasteiger partial charge in [0, 0.05) is 19.1 Å². The van der Waals surface area contributed by atoms with Crippen molar-refractivity contribution in [2.45, 2.75) is 25.4 Å². The molecule has 0 spiro atoms. The second kappa shape index (κ2) is 5.22. The molecular formula is C15H16FN3O. The van der Waals surface area contributed by atoms with E-state index in [4.69, 9.17) is 5.26 Å². The number of nitrogens with zero attached hydrogens (tertiary/aromatic N) is 2. The van der Waals surface area contributed by atoms with Gasteiger partial charge in [-0.3, -0.25) is 9.69 Å². The van der Waals surface area contributed by atoms with Gasteiger partial charge >= 0.3 is 0 Å². The lowest BCUT2D eigenvalue weighted by molar-refractivity contribution is -0.124. The first-order valence-electron chi connectivity index (χ1n) is 6.89. The third-order valence-corrected chi connectivity index (χ3v) is 4.28. The molecule has 4 nitrogen and oxygen atoms in total. The third kappa shape index (κ3) is 2.27. The molecular weight excluding hydrogens is 257 g/mol. The molecule has 2 saturated heterocycles. The van der Waals surface area contributed by atoms with Crippen molar-refractivity contribution in [3.05, 3.63) is 35.1 Å². The summed E-state index contributed by atoms with van der Waals surface area (Å²) in [6, 6.07) is 6.53. The van der Waals surface area contributed by atoms with Crippen molar-refractivity contribution in [3.8, 4) is 6.07 Å². The lowest BCUT2D eigenvalue weighted by Crippen LogP contribution is -2.45. The second-order valence-corrected chi connectivity index (χ2v) is 5.44. The fraction of sp³-hybridized carbons (Fsp3) is 0.467. The van der Waals surface area contributed by atoms with Crippen molar-refractivity contribution in [2.24, 2.45) is 5.92 Å². The maximum Gasteiger partial charge on any atom is 0.224 e. The minimum absolute atomic E-state index is 0.0443. The van der Waals surface area contributed by atoms with Gasteiger partial charge in [-0.05, 0) is 43.1 Å². The lowest BCUT2D eigenvalue weighted by atomic mass is 9.91. The Bertz CT molecular complexity index is 581. The molecule has 0 saturated carbocycles. The highest BCUT2D eigenvalue weighted by molar-refractivity contribution is 5.82. The Labute approximate surface area is 117 Å². The predicted molar refractivity (Wildman–Crippen MR) is 71.0 cm³/mol. The number of fused-ring (bicyclic) bond motifs is 1. The molecule has 20 heavy (non-hydrogen) atoms. The standard InChI is InChI=1S/C15H16FN3O/c16-12-4-3-10(7-17)11(6-12)9-19-5-1-2-13-14(19)8-18-15(13)20/h3-4,6,13-14H,1-2,5,8-9H2,(H,18,20). The first-order chi connectivity index (χ1) is 9.69. The van der Waals surface area contributed by atoms with E-state index in [1.807, 2.05) is 0 Å². The van der Waals surface area contributed by atoms with Gasteiger partial charge < -0.3 is 5.32 Å². The van der Waals surface area contributed by atoms with Crippen LogP contribution in [0.1, 0.15) is 24.0 Å². The number of rotatable bonds is 2. The van der Waals surface area contributed by atoms with Crippen LogP contribution in [0.5, 0.6) is 0 Å². The van der Waals surface area contributed by atoms with Crippen molar-refractivity contribution in [2.75, 3.05) is 13.1 Å². The van der Waals surface area contributed by atoms with E-state index in [0.717, 1.165) is 19.4 Å². The van der Waals surface area contributed by atoms with Crippen molar-refractivity contribution in [3.63, 3.8) is 0 Å². The molecule has 0 aromatic heterocycles. The number of halogens is 1. The van der Waals surface area contributed by atoms with Crippen LogP contribution in [0.4, 0.5) is 4.39 Å². The third-order valence-electron chi connectivity index (χ3n) is 4.28. The van der Waals surface area contributed by atoms with E-state index in [1.54, 1.807) is 0 Å². The maximum absolute atomic E-state index is 13.4. The van der Waals surface area contributed by atoms with Gasteiger partial charge in [0.15, 0.2) is 0 Å². The van der Waals surface area contributed by atoms with Gasteiger partial charge in [0.05, 0.1) is 17.6 Å². The SMILES string of the molecule is N#Cc1ccc(F)cc1CN1CCCC2C(=O)NCC21. The van der Waals surface area contributed by atoms with Gasteiger partial charge in [-0.2, -0.15) is 5.26 Å². The van der Waals surface area contributed by atoms with Crippen LogP contribution < -0.4 is 5.32 Å². The normalized spacial score (nSPS) is 25.9. The molecule has 2 atom stereocenters. The summed E-state index contributed by atoms with van der Waals surface area (Å²) < 4.78 is 13.4. The monoisotopic (exact) mass is 273 g/mol. The van der Waals surface area contributed by atoms with Crippen LogP contribution in [-0.2, 0) is 11.3 Å². The number of piperidine rings is 1. The van der Waals surface area contributed by atoms with Crippen LogP contribution in [0.3, 0.4) is 0 Å². The number of hydrogen-bond acceptors (Lipinski definition) is 3. The molecule has 1 amide bonds. The number of nitrogens with one attached hydrogen (secondary N) is 1. The Hall–Kier alpha value is -1.93. The molecule has 0 radical (unpaired) electrons. The minimum Gasteiger partial charge on any atom is -0.354 e. The summed E-state index contributed by atoms with van der Waals surface area (Å²) in [6.45, 7) is 2.06. The van der Waals surface area contributed by atoms with Gasteiger partial charge in [0.25, 0.3) is 0 Å². The maximum atomic E-state index is 13.4. The number of hydrogen-bond donors (Lipinski definition) is 1. The number of benzene rings is 1. The van der Waals surface area contributed by atoms with E-state index in [-0.39, 0.29) is 23.7 Å². The summed E-state index contributed by atoms with van der Waals surface area (Å²) in [5.41, 5.74) is 1.21. The second-order valence-electron chi connectivity index (χ2n) is 5.44. The molecule has 2 unspecified atom stereocenters. The smallest absolute Gasteiger partial charge is 0.224 e. The average Bonchev–Trinajstić information content (AvgIpc) is 2.82. The van der Waals surface area contributed by atoms with Gasteiger partial charge in [0.1, 0.15) is 5.82 Å². The van der Waals surface area contributed by atoms with Crippen molar-refractivity contribution in [1.29, 1.82) is 5.26 Å². The molecule has 3 rings (SSSR count). The molecule has 1 N–H and O–H groups in total. The Balaban J connectivity index is 1.82. The van der Waals surface area contributed by atoms with E-state index >= 15 is 0 Å². The molecule has 2 heterocycles. The number of carbonyl (C=O) groups is 1. The molecule has 2 aliphatic rings. The Morgan fingerprint density at radius 3 is 3.15 bits per heavy atom. The Kier molecular flexibility index (Phi) is 3.41. The summed E-state index contributed by atoms with van der Waals surface area (Å²) in [4.78, 5) is 13.9. The summed E-state index contributed by atoms with van der Waals surface area (Å²) in [7, 11) is 0. The summed E-state index contributed by atoms with van der Waals surface area (Å²) in [6.07, 6.45) is 1.88. The molecule has 1 aromatic carbocycles. The fourth-order valence-electron chi connectivity index (χ4n) is 3.26. The fourth-order valence-corrected chi connectivity index (χ4v) is 3.26. The zero-order valence-corrected chi connectivity index (χ0v) is 11.1. The highest BCUT2D eigenvalue weighted by atomic mass is 19.1. The number of nitriles is 1. The zero-order valence-electron chi connectivity index (χ0n) is 11.1. The largest absolute Gasteiger partial charge is 0.354 e. The van der Waals surface area contributed by atoms with E-state index in [9.17, 15) is 9.18 Å². The minimum atomic E-state index is -0.326. The summed E-state index contributed by atoms with van der Waals surface area (Å²) in [5.74, 6) is -0.157. The van der Waals surface area contributed by atoms with Gasteiger partial charge in [-0.15, -0.1) is 0 Å². The van der Waals surface area contributed by atoms with Gasteiger partial charge in [-0.1, -0.05) is 0 Å². The molecule has 1 aromatic rings. The summed E-state index contributed by atoms with van der Waals surface area (Å²) in [5, 5.41) is 12.0. The van der Waals surface area contributed by atoms with Gasteiger partial charge in [0.2, 0.25) is 5.91 Å². The van der Waals surface area contributed by atoms with Crippen LogP contribution in [0.2, 0.25) is 0 Å². The van der Waals surface area contributed by atoms with Gasteiger partial charge in [-0.25, -0.2) is 4.39 Å². The molecule has 2 aliphatic heterocycles. The highest BCUT2D eigenvalue weighted by Crippen LogP contribution is 2.29. The summed E-state index contributed by atoms with van der Waals surface area (Å²) >= 11 is 0. The molecule has 104 valence electrons. The first kappa shape index (κ1) is 13.1. The quantitative estimate of drug-likeness (QED) is 0.886. The number of likely N-dealkylation sites (tertiary alicyclic amines) is 1. The highest BCUT2D eigenvalue weighted by Gasteiger charge is 2.40. The average molecular weight is 273 g/mol. The molecule has 0 bridgehead atoms. The predicted octanol–water partition coefficient (Wildman–Crippen LogP) is 1.41. The van der Waals surface area contributed by atoms with Crippen molar-refractivity contribution >= 4 is 5.91 Å². The zero-order chi connectivity index (χ0) is 14.1. The van der Waals surface area contributed by atoms with Crippen LogP contribution in [0.15, 0.2) is 18.2 Å². The van der Waals surface area contributed by atoms with Crippen LogP contribution in [0, 0.1) is 23.1 Å². The van der Waals surface area contributed by atoms with Crippen molar-refractivity contribution in [1.82, 2.24) is 10.2 Å². The lowest BCUT2D eigenvalue weighted by Gasteiger charge is -2.36.